The molecule has 0 bridgehead atoms. The fourth-order valence-electron chi connectivity index (χ4n) is 2.98. The predicted octanol–water partition coefficient (Wildman–Crippen LogP) is 3.51. The van der Waals surface area contributed by atoms with Crippen LogP contribution in [0.3, 0.4) is 0 Å². The lowest BCUT2D eigenvalue weighted by Gasteiger charge is -2.22. The number of aryl methyl sites for hydroxylation is 2. The van der Waals surface area contributed by atoms with E-state index in [0.29, 0.717) is 12.5 Å². The van der Waals surface area contributed by atoms with Crippen molar-refractivity contribution in [1.82, 2.24) is 20.1 Å². The van der Waals surface area contributed by atoms with E-state index in [0.717, 1.165) is 36.7 Å². The van der Waals surface area contributed by atoms with Crippen LogP contribution in [-0.4, -0.2) is 32.5 Å². The number of carbonyl (C=O) groups excluding carboxylic acids is 1. The van der Waals surface area contributed by atoms with Gasteiger partial charge in [-0.2, -0.15) is 0 Å². The van der Waals surface area contributed by atoms with Crippen molar-refractivity contribution in [1.29, 1.82) is 0 Å². The van der Waals surface area contributed by atoms with Gasteiger partial charge in [-0.3, -0.25) is 4.79 Å². The number of nitrogens with zero attached hydrogens (tertiary/aromatic N) is 3. The van der Waals surface area contributed by atoms with Gasteiger partial charge >= 0.3 is 0 Å². The highest BCUT2D eigenvalue weighted by atomic mass is 32.2. The lowest BCUT2D eigenvalue weighted by Crippen LogP contribution is -2.36. The normalized spacial score (nSPS) is 15.5. The second-order valence-corrected chi connectivity index (χ2v) is 8.23. The molecule has 7 heteroatoms. The molecule has 0 unspecified atom stereocenters. The maximum Gasteiger partial charge on any atom is 0.221 e. The third-order valence-electron chi connectivity index (χ3n) is 4.29. The first kappa shape index (κ1) is 17.5. The summed E-state index contributed by atoms with van der Waals surface area (Å²) in [6, 6.07) is 4.62. The maximum atomic E-state index is 12.0. The van der Waals surface area contributed by atoms with Crippen molar-refractivity contribution in [2.75, 3.05) is 5.75 Å². The summed E-state index contributed by atoms with van der Waals surface area (Å²) < 4.78 is 2.07. The number of hydrogen-bond acceptors (Lipinski definition) is 5. The van der Waals surface area contributed by atoms with Crippen LogP contribution in [-0.2, 0) is 17.8 Å². The van der Waals surface area contributed by atoms with Gasteiger partial charge in [0.2, 0.25) is 5.91 Å². The fourth-order valence-corrected chi connectivity index (χ4v) is 4.55. The van der Waals surface area contributed by atoms with Crippen LogP contribution in [0.5, 0.6) is 0 Å². The standard InChI is InChI=1S/C17H24N4OS2/c22-16(19-14-5-2-1-3-6-14)9-12-24-17-20-18-13-21(17)10-8-15-7-4-11-23-15/h4,7,11,13-14H,1-3,5-6,8-10,12H2,(H,19,22). The molecule has 0 spiro atoms. The second-order valence-electron chi connectivity index (χ2n) is 6.14. The first-order valence-corrected chi connectivity index (χ1v) is 10.5. The Labute approximate surface area is 151 Å². The average Bonchev–Trinajstić information content (AvgIpc) is 3.25. The van der Waals surface area contributed by atoms with Crippen LogP contribution in [0.2, 0.25) is 0 Å². The minimum atomic E-state index is 0.166. The van der Waals surface area contributed by atoms with Crippen molar-refractivity contribution in [3.63, 3.8) is 0 Å². The average molecular weight is 365 g/mol. The minimum absolute atomic E-state index is 0.166. The molecule has 1 aliphatic carbocycles. The van der Waals surface area contributed by atoms with Gasteiger partial charge in [0.05, 0.1) is 0 Å². The van der Waals surface area contributed by atoms with Crippen LogP contribution in [0.15, 0.2) is 29.0 Å². The zero-order valence-electron chi connectivity index (χ0n) is 13.8. The van der Waals surface area contributed by atoms with E-state index in [9.17, 15) is 4.79 Å². The van der Waals surface area contributed by atoms with Crippen LogP contribution in [0, 0.1) is 0 Å². The van der Waals surface area contributed by atoms with Crippen LogP contribution >= 0.6 is 23.1 Å². The zero-order valence-corrected chi connectivity index (χ0v) is 15.5. The smallest absolute Gasteiger partial charge is 0.221 e. The quantitative estimate of drug-likeness (QED) is 0.728. The highest BCUT2D eigenvalue weighted by Gasteiger charge is 2.15. The summed E-state index contributed by atoms with van der Waals surface area (Å²) in [4.78, 5) is 13.4. The molecule has 0 aromatic carbocycles. The summed E-state index contributed by atoms with van der Waals surface area (Å²) >= 11 is 3.39. The van der Waals surface area contributed by atoms with Gasteiger partial charge in [-0.05, 0) is 30.7 Å². The topological polar surface area (TPSA) is 59.8 Å². The molecule has 1 amide bonds. The van der Waals surface area contributed by atoms with Crippen LogP contribution in [0.25, 0.3) is 0 Å². The van der Waals surface area contributed by atoms with E-state index >= 15 is 0 Å². The van der Waals surface area contributed by atoms with Gasteiger partial charge in [0.25, 0.3) is 0 Å². The summed E-state index contributed by atoms with van der Waals surface area (Å²) in [6.07, 6.45) is 9.37. The Morgan fingerprint density at radius 3 is 3.04 bits per heavy atom. The molecule has 3 rings (SSSR count). The van der Waals surface area contributed by atoms with E-state index in [-0.39, 0.29) is 5.91 Å². The minimum Gasteiger partial charge on any atom is -0.353 e. The molecule has 2 heterocycles. The molecule has 1 saturated carbocycles. The SMILES string of the molecule is O=C(CCSc1nncn1CCc1cccs1)NC1CCCCC1. The maximum absolute atomic E-state index is 12.0. The van der Waals surface area contributed by atoms with Gasteiger partial charge in [0.15, 0.2) is 5.16 Å². The van der Waals surface area contributed by atoms with Gasteiger partial charge in [-0.1, -0.05) is 37.1 Å². The van der Waals surface area contributed by atoms with Crippen molar-refractivity contribution in [3.8, 4) is 0 Å². The lowest BCUT2D eigenvalue weighted by molar-refractivity contribution is -0.121. The number of amides is 1. The molecule has 1 aliphatic rings. The number of nitrogens with one attached hydrogen (secondary N) is 1. The number of aromatic nitrogens is 3. The molecule has 130 valence electrons. The molecule has 0 aliphatic heterocycles. The van der Waals surface area contributed by atoms with E-state index in [1.165, 1.54) is 24.1 Å². The van der Waals surface area contributed by atoms with Gasteiger partial charge in [-0.25, -0.2) is 0 Å². The van der Waals surface area contributed by atoms with Crippen LogP contribution in [0.4, 0.5) is 0 Å². The van der Waals surface area contributed by atoms with Crippen molar-refractivity contribution >= 4 is 29.0 Å². The third-order valence-corrected chi connectivity index (χ3v) is 6.21. The highest BCUT2D eigenvalue weighted by Crippen LogP contribution is 2.19. The Balaban J connectivity index is 1.38. The molecule has 24 heavy (non-hydrogen) atoms. The summed E-state index contributed by atoms with van der Waals surface area (Å²) in [5, 5.41) is 14.3. The first-order valence-electron chi connectivity index (χ1n) is 8.63. The van der Waals surface area contributed by atoms with Crippen molar-refractivity contribution < 1.29 is 4.79 Å². The second kappa shape index (κ2) is 9.22. The van der Waals surface area contributed by atoms with E-state index in [4.69, 9.17) is 0 Å². The van der Waals surface area contributed by atoms with Crippen LogP contribution < -0.4 is 5.32 Å². The zero-order chi connectivity index (χ0) is 16.6. The molecule has 2 aromatic heterocycles. The van der Waals surface area contributed by atoms with Crippen molar-refractivity contribution in [3.05, 3.63) is 28.7 Å². The number of carbonyl (C=O) groups is 1. The number of thioether (sulfide) groups is 1. The number of thiophene rings is 1. The van der Waals surface area contributed by atoms with Crippen molar-refractivity contribution in [2.24, 2.45) is 0 Å². The summed E-state index contributed by atoms with van der Waals surface area (Å²) in [6.45, 7) is 0.879. The van der Waals surface area contributed by atoms with E-state index < -0.39 is 0 Å². The van der Waals surface area contributed by atoms with Gasteiger partial charge in [0, 0.05) is 29.6 Å². The summed E-state index contributed by atoms with van der Waals surface area (Å²) in [5.41, 5.74) is 0. The molecule has 1 fully saturated rings. The molecule has 0 atom stereocenters. The fraction of sp³-hybridized carbons (Fsp3) is 0.588. The molecular formula is C17H24N4OS2. The Morgan fingerprint density at radius 2 is 2.25 bits per heavy atom. The molecule has 1 N–H and O–H groups in total. The summed E-state index contributed by atoms with van der Waals surface area (Å²) in [5.74, 6) is 0.912. The molecule has 0 saturated heterocycles. The summed E-state index contributed by atoms with van der Waals surface area (Å²) in [7, 11) is 0. The molecular weight excluding hydrogens is 340 g/mol. The highest BCUT2D eigenvalue weighted by molar-refractivity contribution is 7.99. The first-order chi connectivity index (χ1) is 11.8. The lowest BCUT2D eigenvalue weighted by atomic mass is 9.95. The van der Waals surface area contributed by atoms with E-state index in [1.807, 2.05) is 0 Å². The number of hydrogen-bond donors (Lipinski definition) is 1. The third kappa shape index (κ3) is 5.34. The van der Waals surface area contributed by atoms with E-state index in [1.54, 1.807) is 29.4 Å². The van der Waals surface area contributed by atoms with Gasteiger partial charge in [-0.15, -0.1) is 21.5 Å². The Morgan fingerprint density at radius 1 is 1.38 bits per heavy atom. The monoisotopic (exact) mass is 364 g/mol. The molecule has 2 aromatic rings. The largest absolute Gasteiger partial charge is 0.353 e. The van der Waals surface area contributed by atoms with E-state index in [2.05, 4.69) is 37.6 Å². The Hall–Kier alpha value is -1.34. The van der Waals surface area contributed by atoms with Crippen LogP contribution in [0.1, 0.15) is 43.4 Å². The number of rotatable bonds is 8. The van der Waals surface area contributed by atoms with Gasteiger partial charge in [0.1, 0.15) is 6.33 Å². The molecule has 0 radical (unpaired) electrons. The van der Waals surface area contributed by atoms with Gasteiger partial charge < -0.3 is 9.88 Å². The molecule has 5 nitrogen and oxygen atoms in total. The predicted molar refractivity (Wildman–Crippen MR) is 98.4 cm³/mol. The Kier molecular flexibility index (Phi) is 6.72. The Bertz CT molecular complexity index is 620. The van der Waals surface area contributed by atoms with Crippen molar-refractivity contribution in [2.45, 2.75) is 62.7 Å².